The molecule has 0 spiro atoms. The summed E-state index contributed by atoms with van der Waals surface area (Å²) >= 11 is 1.58. The van der Waals surface area contributed by atoms with Crippen molar-refractivity contribution in [3.8, 4) is 0 Å². The predicted molar refractivity (Wildman–Crippen MR) is 124 cm³/mol. The average molecular weight is 496 g/mol. The van der Waals surface area contributed by atoms with E-state index in [-0.39, 0.29) is 24.0 Å². The Labute approximate surface area is 181 Å². The highest BCUT2D eigenvalue weighted by Gasteiger charge is 2.23. The van der Waals surface area contributed by atoms with Gasteiger partial charge in [0.2, 0.25) is 0 Å². The number of hydrogen-bond donors (Lipinski definition) is 3. The minimum absolute atomic E-state index is 0. The Morgan fingerprint density at radius 2 is 2.04 bits per heavy atom. The third kappa shape index (κ3) is 5.63. The largest absolute Gasteiger partial charge is 0.384 e. The van der Waals surface area contributed by atoms with Crippen LogP contribution in [0.2, 0.25) is 0 Å². The minimum atomic E-state index is -0.945. The molecular weight excluding hydrogens is 471 g/mol. The predicted octanol–water partition coefficient (Wildman–Crippen LogP) is 3.88. The van der Waals surface area contributed by atoms with Crippen molar-refractivity contribution >= 4 is 52.2 Å². The molecule has 0 bridgehead atoms. The van der Waals surface area contributed by atoms with Gasteiger partial charge in [0.25, 0.3) is 0 Å². The maximum atomic E-state index is 10.7. The molecule has 1 aromatic carbocycles. The number of hydrogen-bond acceptors (Lipinski definition) is 4. The van der Waals surface area contributed by atoms with Crippen LogP contribution in [0.1, 0.15) is 25.0 Å². The second-order valence-electron chi connectivity index (χ2n) is 6.32. The van der Waals surface area contributed by atoms with Crippen LogP contribution in [-0.2, 0) is 12.1 Å². The average Bonchev–Trinajstić information content (AvgIpc) is 3.20. The molecule has 5 nitrogen and oxygen atoms in total. The molecule has 2 aromatic heterocycles. The Bertz CT molecular complexity index is 875. The van der Waals surface area contributed by atoms with Crippen molar-refractivity contribution in [3.63, 3.8) is 0 Å². The van der Waals surface area contributed by atoms with Crippen LogP contribution in [0.15, 0.2) is 58.3 Å². The molecule has 0 fully saturated rings. The van der Waals surface area contributed by atoms with Gasteiger partial charge in [0.15, 0.2) is 5.96 Å². The van der Waals surface area contributed by atoms with Crippen molar-refractivity contribution in [1.29, 1.82) is 0 Å². The van der Waals surface area contributed by atoms with Gasteiger partial charge in [-0.2, -0.15) is 11.3 Å². The summed E-state index contributed by atoms with van der Waals surface area (Å²) in [6.45, 7) is 5.51. The third-order valence-electron chi connectivity index (χ3n) is 4.23. The van der Waals surface area contributed by atoms with Crippen molar-refractivity contribution in [2.45, 2.75) is 26.0 Å². The van der Waals surface area contributed by atoms with Gasteiger partial charge >= 0.3 is 0 Å². The molecule has 0 aliphatic carbocycles. The summed E-state index contributed by atoms with van der Waals surface area (Å²) in [5.74, 6) is 0.684. The number of rotatable bonds is 6. The number of benzene rings is 1. The Morgan fingerprint density at radius 1 is 1.22 bits per heavy atom. The number of halogens is 1. The van der Waals surface area contributed by atoms with Crippen molar-refractivity contribution in [2.24, 2.45) is 4.99 Å². The zero-order valence-electron chi connectivity index (χ0n) is 15.5. The van der Waals surface area contributed by atoms with Gasteiger partial charge in [0, 0.05) is 18.1 Å². The fourth-order valence-electron chi connectivity index (χ4n) is 2.73. The van der Waals surface area contributed by atoms with Crippen LogP contribution in [0, 0.1) is 0 Å². The van der Waals surface area contributed by atoms with E-state index in [9.17, 15) is 5.11 Å². The van der Waals surface area contributed by atoms with Crippen LogP contribution in [0.3, 0.4) is 0 Å². The van der Waals surface area contributed by atoms with Crippen molar-refractivity contribution < 1.29 is 5.11 Å². The molecule has 3 aromatic rings. The zero-order chi connectivity index (χ0) is 18.4. The zero-order valence-corrected chi connectivity index (χ0v) is 18.6. The van der Waals surface area contributed by atoms with Crippen molar-refractivity contribution in [2.75, 3.05) is 13.1 Å². The summed E-state index contributed by atoms with van der Waals surface area (Å²) < 4.78 is 0. The highest BCUT2D eigenvalue weighted by Crippen LogP contribution is 2.22. The molecule has 2 heterocycles. The van der Waals surface area contributed by atoms with E-state index in [4.69, 9.17) is 0 Å². The van der Waals surface area contributed by atoms with E-state index in [0.29, 0.717) is 19.0 Å². The molecular formula is C20H25IN4OS. The number of nitrogens with one attached hydrogen (secondary N) is 2. The summed E-state index contributed by atoms with van der Waals surface area (Å²) in [5.41, 5.74) is 2.06. The van der Waals surface area contributed by atoms with Gasteiger partial charge in [-0.1, -0.05) is 18.2 Å². The molecule has 0 amide bonds. The van der Waals surface area contributed by atoms with E-state index in [2.05, 4.69) is 26.7 Å². The number of aromatic nitrogens is 1. The molecule has 0 radical (unpaired) electrons. The van der Waals surface area contributed by atoms with Gasteiger partial charge in [0.1, 0.15) is 5.60 Å². The summed E-state index contributed by atoms with van der Waals surface area (Å²) in [6.07, 6.45) is 1.81. The van der Waals surface area contributed by atoms with Gasteiger partial charge in [0.05, 0.1) is 18.6 Å². The molecule has 0 aliphatic heterocycles. The third-order valence-corrected chi connectivity index (χ3v) is 4.92. The molecule has 3 rings (SSSR count). The van der Waals surface area contributed by atoms with Crippen LogP contribution >= 0.6 is 35.3 Å². The standard InChI is InChI=1S/C20H24N4OS.HI/c1-3-21-19(24-14-20(2,25)16-9-11-26-13-16)23-12-15-8-10-22-18-7-5-4-6-17(15)18;/h4-11,13,25H,3,12,14H2,1-2H3,(H2,21,23,24);1H. The van der Waals surface area contributed by atoms with E-state index < -0.39 is 5.60 Å². The number of aliphatic imine (C=N–C) groups is 1. The fraction of sp³-hybridized carbons (Fsp3) is 0.300. The quantitative estimate of drug-likeness (QED) is 0.275. The summed E-state index contributed by atoms with van der Waals surface area (Å²) in [6, 6.07) is 12.0. The van der Waals surface area contributed by atoms with Crippen LogP contribution < -0.4 is 10.6 Å². The Hall–Kier alpha value is -1.71. The maximum Gasteiger partial charge on any atom is 0.191 e. The van der Waals surface area contributed by atoms with E-state index in [0.717, 1.165) is 28.6 Å². The number of nitrogens with zero attached hydrogens (tertiary/aromatic N) is 2. The molecule has 7 heteroatoms. The number of pyridine rings is 1. The molecule has 0 saturated carbocycles. The van der Waals surface area contributed by atoms with Crippen LogP contribution in [0.25, 0.3) is 10.9 Å². The van der Waals surface area contributed by atoms with Gasteiger partial charge in [-0.25, -0.2) is 4.99 Å². The topological polar surface area (TPSA) is 69.5 Å². The number of aliphatic hydroxyl groups is 1. The lowest BCUT2D eigenvalue weighted by atomic mass is 9.99. The molecule has 0 saturated heterocycles. The fourth-order valence-corrected chi connectivity index (χ4v) is 3.51. The molecule has 1 unspecified atom stereocenters. The van der Waals surface area contributed by atoms with E-state index in [1.54, 1.807) is 11.3 Å². The van der Waals surface area contributed by atoms with E-state index in [1.165, 1.54) is 0 Å². The number of thiophene rings is 1. The smallest absolute Gasteiger partial charge is 0.191 e. The van der Waals surface area contributed by atoms with Gasteiger partial charge < -0.3 is 15.7 Å². The second kappa shape index (κ2) is 10.0. The number of fused-ring (bicyclic) bond motifs is 1. The van der Waals surface area contributed by atoms with Crippen LogP contribution in [-0.4, -0.2) is 29.1 Å². The lowest BCUT2D eigenvalue weighted by Gasteiger charge is -2.24. The van der Waals surface area contributed by atoms with Gasteiger partial charge in [-0.3, -0.25) is 4.98 Å². The normalized spacial score (nSPS) is 13.7. The minimum Gasteiger partial charge on any atom is -0.384 e. The van der Waals surface area contributed by atoms with Gasteiger partial charge in [-0.15, -0.1) is 24.0 Å². The molecule has 0 aliphatic rings. The first-order valence-corrected chi connectivity index (χ1v) is 9.64. The first kappa shape index (κ1) is 21.6. The summed E-state index contributed by atoms with van der Waals surface area (Å²) in [7, 11) is 0. The Kier molecular flexibility index (Phi) is 8.00. The maximum absolute atomic E-state index is 10.7. The van der Waals surface area contributed by atoms with E-state index >= 15 is 0 Å². The lowest BCUT2D eigenvalue weighted by molar-refractivity contribution is 0.0621. The second-order valence-corrected chi connectivity index (χ2v) is 7.10. The molecule has 3 N–H and O–H groups in total. The van der Waals surface area contributed by atoms with Crippen LogP contribution in [0.5, 0.6) is 0 Å². The molecule has 27 heavy (non-hydrogen) atoms. The first-order chi connectivity index (χ1) is 12.6. The summed E-state index contributed by atoms with van der Waals surface area (Å²) in [4.78, 5) is 9.07. The number of para-hydroxylation sites is 1. The van der Waals surface area contributed by atoms with Crippen LogP contribution in [0.4, 0.5) is 0 Å². The van der Waals surface area contributed by atoms with Crippen molar-refractivity contribution in [3.05, 3.63) is 64.5 Å². The molecule has 1 atom stereocenters. The van der Waals surface area contributed by atoms with E-state index in [1.807, 2.05) is 61.1 Å². The monoisotopic (exact) mass is 496 g/mol. The molecule has 144 valence electrons. The highest BCUT2D eigenvalue weighted by atomic mass is 127. The summed E-state index contributed by atoms with van der Waals surface area (Å²) in [5, 5.41) is 22.2. The first-order valence-electron chi connectivity index (χ1n) is 8.70. The van der Waals surface area contributed by atoms with Crippen molar-refractivity contribution in [1.82, 2.24) is 15.6 Å². The lowest BCUT2D eigenvalue weighted by Crippen LogP contribution is -2.44. The Balaban J connectivity index is 0.00000261. The SMILES string of the molecule is CCNC(=NCc1ccnc2ccccc12)NCC(C)(O)c1ccsc1.I. The highest BCUT2D eigenvalue weighted by molar-refractivity contribution is 14.0. The van der Waals surface area contributed by atoms with Gasteiger partial charge in [-0.05, 0) is 53.9 Å². The Morgan fingerprint density at radius 3 is 2.78 bits per heavy atom. The number of guanidine groups is 1.